The van der Waals surface area contributed by atoms with Crippen LogP contribution in [0.2, 0.25) is 0 Å². The molecule has 0 radical (unpaired) electrons. The summed E-state index contributed by atoms with van der Waals surface area (Å²) in [5.74, 6) is 0.460. The van der Waals surface area contributed by atoms with Gasteiger partial charge in [-0.2, -0.15) is 5.26 Å². The van der Waals surface area contributed by atoms with E-state index in [-0.39, 0.29) is 5.82 Å². The van der Waals surface area contributed by atoms with Gasteiger partial charge in [-0.05, 0) is 30.5 Å². The van der Waals surface area contributed by atoms with E-state index in [1.165, 1.54) is 18.6 Å². The molecule has 0 amide bonds. The van der Waals surface area contributed by atoms with Gasteiger partial charge < -0.3 is 5.32 Å². The lowest BCUT2D eigenvalue weighted by Crippen LogP contribution is -2.17. The van der Waals surface area contributed by atoms with Crippen LogP contribution in [-0.4, -0.2) is 6.04 Å². The van der Waals surface area contributed by atoms with Crippen LogP contribution >= 0.6 is 0 Å². The minimum absolute atomic E-state index is 0.241. The lowest BCUT2D eigenvalue weighted by molar-refractivity contribution is 0.580. The van der Waals surface area contributed by atoms with Crippen molar-refractivity contribution in [3.63, 3.8) is 0 Å². The maximum Gasteiger partial charge on any atom is 0.127 e. The third kappa shape index (κ3) is 2.34. The number of rotatable bonds is 3. The molecule has 2 unspecified atom stereocenters. The number of hydrogen-bond donors (Lipinski definition) is 1. The van der Waals surface area contributed by atoms with Gasteiger partial charge in [-0.3, -0.25) is 0 Å². The van der Waals surface area contributed by atoms with Crippen LogP contribution in [0.4, 0.5) is 4.39 Å². The molecule has 0 saturated heterocycles. The van der Waals surface area contributed by atoms with Gasteiger partial charge in [-0.25, -0.2) is 4.39 Å². The lowest BCUT2D eigenvalue weighted by Gasteiger charge is -2.05. The van der Waals surface area contributed by atoms with Crippen LogP contribution in [-0.2, 0) is 6.54 Å². The SMILES string of the molecule is CC1CC1NCc1cc(C#N)ccc1F. The fourth-order valence-electron chi connectivity index (χ4n) is 1.63. The fourth-order valence-corrected chi connectivity index (χ4v) is 1.63. The molecule has 1 saturated carbocycles. The van der Waals surface area contributed by atoms with Crippen molar-refractivity contribution in [1.82, 2.24) is 5.32 Å². The zero-order valence-electron chi connectivity index (χ0n) is 8.63. The molecule has 2 rings (SSSR count). The Hall–Kier alpha value is -1.40. The predicted molar refractivity (Wildman–Crippen MR) is 55.5 cm³/mol. The van der Waals surface area contributed by atoms with E-state index in [1.54, 1.807) is 6.07 Å². The second-order valence-corrected chi connectivity index (χ2v) is 4.12. The zero-order chi connectivity index (χ0) is 10.8. The fraction of sp³-hybridized carbons (Fsp3) is 0.417. The van der Waals surface area contributed by atoms with E-state index in [0.29, 0.717) is 29.6 Å². The minimum Gasteiger partial charge on any atom is -0.310 e. The van der Waals surface area contributed by atoms with E-state index in [9.17, 15) is 4.39 Å². The highest BCUT2D eigenvalue weighted by Crippen LogP contribution is 2.29. The van der Waals surface area contributed by atoms with Crippen LogP contribution in [0.3, 0.4) is 0 Å². The molecule has 1 aromatic rings. The second kappa shape index (κ2) is 4.00. The Morgan fingerprint density at radius 3 is 2.93 bits per heavy atom. The van der Waals surface area contributed by atoms with Crippen molar-refractivity contribution < 1.29 is 4.39 Å². The highest BCUT2D eigenvalue weighted by Gasteiger charge is 2.31. The summed E-state index contributed by atoms with van der Waals surface area (Å²) < 4.78 is 13.3. The van der Waals surface area contributed by atoms with Gasteiger partial charge in [0.25, 0.3) is 0 Å². The summed E-state index contributed by atoms with van der Waals surface area (Å²) in [5.41, 5.74) is 1.09. The van der Waals surface area contributed by atoms with E-state index < -0.39 is 0 Å². The van der Waals surface area contributed by atoms with Crippen LogP contribution in [0.5, 0.6) is 0 Å². The molecule has 3 heteroatoms. The van der Waals surface area contributed by atoms with E-state index >= 15 is 0 Å². The first-order chi connectivity index (χ1) is 7.20. The molecule has 0 aliphatic heterocycles. The van der Waals surface area contributed by atoms with Crippen molar-refractivity contribution in [2.45, 2.75) is 25.9 Å². The quantitative estimate of drug-likeness (QED) is 0.819. The van der Waals surface area contributed by atoms with E-state index in [4.69, 9.17) is 5.26 Å². The first kappa shape index (κ1) is 10.1. The minimum atomic E-state index is -0.241. The van der Waals surface area contributed by atoms with Gasteiger partial charge in [0.2, 0.25) is 0 Å². The van der Waals surface area contributed by atoms with Gasteiger partial charge in [0, 0.05) is 18.2 Å². The molecule has 0 bridgehead atoms. The first-order valence-corrected chi connectivity index (χ1v) is 5.12. The monoisotopic (exact) mass is 204 g/mol. The van der Waals surface area contributed by atoms with Crippen molar-refractivity contribution in [1.29, 1.82) is 5.26 Å². The van der Waals surface area contributed by atoms with E-state index in [2.05, 4.69) is 12.2 Å². The Balaban J connectivity index is 2.03. The number of halogens is 1. The summed E-state index contributed by atoms with van der Waals surface area (Å²) in [4.78, 5) is 0. The maximum atomic E-state index is 13.3. The van der Waals surface area contributed by atoms with Crippen LogP contribution in [0, 0.1) is 23.1 Å². The van der Waals surface area contributed by atoms with Gasteiger partial charge >= 0.3 is 0 Å². The number of hydrogen-bond acceptors (Lipinski definition) is 2. The maximum absolute atomic E-state index is 13.3. The first-order valence-electron chi connectivity index (χ1n) is 5.12. The summed E-state index contributed by atoms with van der Waals surface area (Å²) in [6.45, 7) is 2.68. The molecule has 1 aliphatic carbocycles. The number of nitriles is 1. The van der Waals surface area contributed by atoms with Crippen LogP contribution < -0.4 is 5.32 Å². The highest BCUT2D eigenvalue weighted by atomic mass is 19.1. The largest absolute Gasteiger partial charge is 0.310 e. The van der Waals surface area contributed by atoms with Gasteiger partial charge in [0.05, 0.1) is 11.6 Å². The predicted octanol–water partition coefficient (Wildman–Crippen LogP) is 2.20. The van der Waals surface area contributed by atoms with Crippen molar-refractivity contribution in [3.05, 3.63) is 35.1 Å². The zero-order valence-corrected chi connectivity index (χ0v) is 8.63. The molecule has 1 aromatic carbocycles. The normalized spacial score (nSPS) is 23.5. The Morgan fingerprint density at radius 1 is 1.60 bits per heavy atom. The average Bonchev–Trinajstić information content (AvgIpc) is 2.94. The van der Waals surface area contributed by atoms with Crippen LogP contribution in [0.25, 0.3) is 0 Å². The molecule has 1 aliphatic rings. The number of nitrogens with zero attached hydrogens (tertiary/aromatic N) is 1. The molecular formula is C12H13FN2. The van der Waals surface area contributed by atoms with E-state index in [1.807, 2.05) is 6.07 Å². The Bertz CT molecular complexity index is 409. The van der Waals surface area contributed by atoms with Gasteiger partial charge in [0.1, 0.15) is 5.82 Å². The van der Waals surface area contributed by atoms with Crippen LogP contribution in [0.15, 0.2) is 18.2 Å². The summed E-state index contributed by atoms with van der Waals surface area (Å²) in [6.07, 6.45) is 1.17. The van der Waals surface area contributed by atoms with Gasteiger partial charge in [0.15, 0.2) is 0 Å². The molecule has 0 spiro atoms. The summed E-state index contributed by atoms with van der Waals surface area (Å²) in [7, 11) is 0. The summed E-state index contributed by atoms with van der Waals surface area (Å²) in [6, 6.07) is 6.99. The second-order valence-electron chi connectivity index (χ2n) is 4.12. The smallest absolute Gasteiger partial charge is 0.127 e. The molecule has 0 aromatic heterocycles. The summed E-state index contributed by atoms with van der Waals surface area (Å²) in [5, 5.41) is 12.0. The number of benzene rings is 1. The Morgan fingerprint density at radius 2 is 2.33 bits per heavy atom. The standard InChI is InChI=1S/C12H13FN2/c1-8-4-12(8)15-7-10-5-9(6-14)2-3-11(10)13/h2-3,5,8,12,15H,4,7H2,1H3. The van der Waals surface area contributed by atoms with Gasteiger partial charge in [-0.1, -0.05) is 6.92 Å². The molecule has 78 valence electrons. The Labute approximate surface area is 88.7 Å². The van der Waals surface area contributed by atoms with Crippen molar-refractivity contribution in [2.24, 2.45) is 5.92 Å². The molecule has 2 atom stereocenters. The van der Waals surface area contributed by atoms with Crippen molar-refractivity contribution >= 4 is 0 Å². The number of nitrogens with one attached hydrogen (secondary N) is 1. The highest BCUT2D eigenvalue weighted by molar-refractivity contribution is 5.33. The molecular weight excluding hydrogens is 191 g/mol. The molecule has 15 heavy (non-hydrogen) atoms. The molecule has 0 heterocycles. The molecule has 2 nitrogen and oxygen atoms in total. The molecule has 1 fully saturated rings. The van der Waals surface area contributed by atoms with Crippen molar-refractivity contribution in [3.8, 4) is 6.07 Å². The Kier molecular flexibility index (Phi) is 2.70. The summed E-state index contributed by atoms with van der Waals surface area (Å²) >= 11 is 0. The third-order valence-electron chi connectivity index (χ3n) is 2.84. The van der Waals surface area contributed by atoms with E-state index in [0.717, 1.165) is 0 Å². The average molecular weight is 204 g/mol. The lowest BCUT2D eigenvalue weighted by atomic mass is 10.1. The van der Waals surface area contributed by atoms with Gasteiger partial charge in [-0.15, -0.1) is 0 Å². The topological polar surface area (TPSA) is 35.8 Å². The third-order valence-corrected chi connectivity index (χ3v) is 2.84. The van der Waals surface area contributed by atoms with Crippen molar-refractivity contribution in [2.75, 3.05) is 0 Å². The van der Waals surface area contributed by atoms with Crippen LogP contribution in [0.1, 0.15) is 24.5 Å². The molecule has 1 N–H and O–H groups in total.